The molecule has 1 aromatic carbocycles. The summed E-state index contributed by atoms with van der Waals surface area (Å²) in [5.74, 6) is 0.557. The minimum absolute atomic E-state index is 0.0174. The molecule has 1 heterocycles. The van der Waals surface area contributed by atoms with Crippen LogP contribution in [0, 0.1) is 5.92 Å². The molecule has 2 aromatic rings. The quantitative estimate of drug-likeness (QED) is 0.796. The van der Waals surface area contributed by atoms with Gasteiger partial charge in [-0.2, -0.15) is 0 Å². The van der Waals surface area contributed by atoms with Crippen LogP contribution in [0.15, 0.2) is 35.1 Å². The second-order valence-electron chi connectivity index (χ2n) is 4.31. The van der Waals surface area contributed by atoms with Crippen molar-refractivity contribution in [3.63, 3.8) is 0 Å². The molecule has 0 aliphatic rings. The summed E-state index contributed by atoms with van der Waals surface area (Å²) in [4.78, 5) is 14.7. The molecule has 1 N–H and O–H groups in total. The van der Waals surface area contributed by atoms with Gasteiger partial charge in [0.2, 0.25) is 0 Å². The van der Waals surface area contributed by atoms with Crippen molar-refractivity contribution >= 4 is 10.8 Å². The highest BCUT2D eigenvalue weighted by Crippen LogP contribution is 2.12. The van der Waals surface area contributed by atoms with E-state index in [4.69, 9.17) is 0 Å². The summed E-state index contributed by atoms with van der Waals surface area (Å²) in [6.07, 6.45) is 0.917. The highest BCUT2D eigenvalue weighted by atomic mass is 16.1. The third-order valence-corrected chi connectivity index (χ3v) is 2.44. The van der Waals surface area contributed by atoms with Crippen LogP contribution in [0.25, 0.3) is 10.8 Å². The Bertz CT molecular complexity index is 525. The van der Waals surface area contributed by atoms with Gasteiger partial charge in [0, 0.05) is 11.1 Å². The molecule has 15 heavy (non-hydrogen) atoms. The van der Waals surface area contributed by atoms with E-state index in [1.165, 1.54) is 0 Å². The lowest BCUT2D eigenvalue weighted by molar-refractivity contribution is 0.635. The van der Waals surface area contributed by atoms with E-state index in [9.17, 15) is 4.79 Å². The van der Waals surface area contributed by atoms with Crippen molar-refractivity contribution < 1.29 is 0 Å². The number of hydrogen-bond acceptors (Lipinski definition) is 1. The molecule has 0 bridgehead atoms. The predicted octanol–water partition coefficient (Wildman–Crippen LogP) is 2.73. The lowest BCUT2D eigenvalue weighted by Crippen LogP contribution is -2.10. The first-order valence-electron chi connectivity index (χ1n) is 5.28. The van der Waals surface area contributed by atoms with Gasteiger partial charge in [0.05, 0.1) is 0 Å². The van der Waals surface area contributed by atoms with E-state index >= 15 is 0 Å². The normalized spacial score (nSPS) is 11.1. The summed E-state index contributed by atoms with van der Waals surface area (Å²) in [5, 5.41) is 1.79. The van der Waals surface area contributed by atoms with Gasteiger partial charge in [0.1, 0.15) is 0 Å². The topological polar surface area (TPSA) is 32.9 Å². The van der Waals surface area contributed by atoms with Gasteiger partial charge in [-0.25, -0.2) is 0 Å². The van der Waals surface area contributed by atoms with Gasteiger partial charge < -0.3 is 4.98 Å². The van der Waals surface area contributed by atoms with Gasteiger partial charge in [-0.05, 0) is 29.9 Å². The molecule has 0 aliphatic heterocycles. The maximum absolute atomic E-state index is 11.7. The summed E-state index contributed by atoms with van der Waals surface area (Å²) in [6, 6.07) is 9.75. The van der Waals surface area contributed by atoms with E-state index in [1.54, 1.807) is 0 Å². The summed E-state index contributed by atoms with van der Waals surface area (Å²) in [7, 11) is 0. The number of hydrogen-bond donors (Lipinski definition) is 1. The zero-order valence-corrected chi connectivity index (χ0v) is 9.08. The van der Waals surface area contributed by atoms with Crippen LogP contribution in [-0.4, -0.2) is 4.98 Å². The molecule has 2 heteroatoms. The molecule has 0 unspecified atom stereocenters. The maximum atomic E-state index is 11.7. The number of aromatic nitrogens is 1. The fourth-order valence-corrected chi connectivity index (χ4v) is 1.82. The Balaban J connectivity index is 2.57. The molecule has 2 rings (SSSR count). The van der Waals surface area contributed by atoms with E-state index in [2.05, 4.69) is 24.9 Å². The van der Waals surface area contributed by atoms with Gasteiger partial charge in [-0.3, -0.25) is 4.79 Å². The van der Waals surface area contributed by atoms with Crippen molar-refractivity contribution in [1.82, 2.24) is 4.98 Å². The lowest BCUT2D eigenvalue weighted by Gasteiger charge is -2.05. The van der Waals surface area contributed by atoms with Crippen LogP contribution in [0.2, 0.25) is 0 Å². The summed E-state index contributed by atoms with van der Waals surface area (Å²) < 4.78 is 0. The van der Waals surface area contributed by atoms with Crippen LogP contribution in [0.5, 0.6) is 0 Å². The van der Waals surface area contributed by atoms with E-state index < -0.39 is 0 Å². The molecule has 0 atom stereocenters. The Labute approximate surface area is 89.0 Å². The molecular weight excluding hydrogens is 186 g/mol. The number of nitrogens with one attached hydrogen (secondary N) is 1. The van der Waals surface area contributed by atoms with Crippen molar-refractivity contribution in [3.05, 3.63) is 46.4 Å². The van der Waals surface area contributed by atoms with E-state index in [-0.39, 0.29) is 5.56 Å². The van der Waals surface area contributed by atoms with Crippen LogP contribution in [0.4, 0.5) is 0 Å². The van der Waals surface area contributed by atoms with E-state index in [1.807, 2.05) is 24.3 Å². The highest BCUT2D eigenvalue weighted by Gasteiger charge is 2.02. The first kappa shape index (κ1) is 9.97. The molecule has 78 valence electrons. The van der Waals surface area contributed by atoms with Crippen molar-refractivity contribution in [2.75, 3.05) is 0 Å². The summed E-state index contributed by atoms with van der Waals surface area (Å²) >= 11 is 0. The summed E-state index contributed by atoms with van der Waals surface area (Å²) in [5.41, 5.74) is 1.04. The average Bonchev–Trinajstić information content (AvgIpc) is 2.16. The van der Waals surface area contributed by atoms with Crippen LogP contribution in [0.1, 0.15) is 19.5 Å². The first-order valence-corrected chi connectivity index (χ1v) is 5.28. The number of aromatic amines is 1. The van der Waals surface area contributed by atoms with Gasteiger partial charge in [-0.1, -0.05) is 32.0 Å². The van der Waals surface area contributed by atoms with Crippen LogP contribution in [0.3, 0.4) is 0 Å². The third kappa shape index (κ3) is 2.09. The molecule has 0 amide bonds. The minimum Gasteiger partial charge on any atom is -0.326 e. The second-order valence-corrected chi connectivity index (χ2v) is 4.31. The number of pyridine rings is 1. The number of fused-ring (bicyclic) bond motifs is 1. The Hall–Kier alpha value is -1.57. The highest BCUT2D eigenvalue weighted by molar-refractivity contribution is 5.81. The molecule has 0 fully saturated rings. The van der Waals surface area contributed by atoms with Crippen molar-refractivity contribution in [1.29, 1.82) is 0 Å². The van der Waals surface area contributed by atoms with Gasteiger partial charge in [-0.15, -0.1) is 0 Å². The van der Waals surface area contributed by atoms with Crippen LogP contribution < -0.4 is 5.56 Å². The fourth-order valence-electron chi connectivity index (χ4n) is 1.82. The van der Waals surface area contributed by atoms with Crippen molar-refractivity contribution in [2.24, 2.45) is 5.92 Å². The number of H-pyrrole nitrogens is 1. The smallest absolute Gasteiger partial charge is 0.256 e. The molecule has 0 saturated heterocycles. The Morgan fingerprint density at radius 2 is 2.00 bits per heavy atom. The lowest BCUT2D eigenvalue weighted by atomic mass is 10.1. The zero-order chi connectivity index (χ0) is 10.8. The van der Waals surface area contributed by atoms with Gasteiger partial charge in [0.15, 0.2) is 0 Å². The minimum atomic E-state index is 0.0174. The number of benzene rings is 1. The van der Waals surface area contributed by atoms with Crippen molar-refractivity contribution in [2.45, 2.75) is 20.3 Å². The Kier molecular flexibility index (Phi) is 2.58. The molecule has 0 saturated carbocycles. The fraction of sp³-hybridized carbons (Fsp3) is 0.308. The van der Waals surface area contributed by atoms with Gasteiger partial charge >= 0.3 is 0 Å². The van der Waals surface area contributed by atoms with Crippen molar-refractivity contribution in [3.8, 4) is 0 Å². The first-order chi connectivity index (χ1) is 7.16. The zero-order valence-electron chi connectivity index (χ0n) is 9.08. The van der Waals surface area contributed by atoms with Crippen LogP contribution >= 0.6 is 0 Å². The molecule has 0 radical (unpaired) electrons. The number of rotatable bonds is 2. The van der Waals surface area contributed by atoms with E-state index in [0.29, 0.717) is 5.92 Å². The molecule has 0 aliphatic carbocycles. The molecular formula is C13H15NO. The molecule has 0 spiro atoms. The van der Waals surface area contributed by atoms with Crippen LogP contribution in [-0.2, 0) is 6.42 Å². The molecule has 2 nitrogen and oxygen atoms in total. The monoisotopic (exact) mass is 201 g/mol. The maximum Gasteiger partial charge on any atom is 0.256 e. The average molecular weight is 201 g/mol. The largest absolute Gasteiger partial charge is 0.326 e. The van der Waals surface area contributed by atoms with Gasteiger partial charge in [0.25, 0.3) is 5.56 Å². The Morgan fingerprint density at radius 1 is 1.27 bits per heavy atom. The predicted molar refractivity (Wildman–Crippen MR) is 63.1 cm³/mol. The Morgan fingerprint density at radius 3 is 2.73 bits per heavy atom. The van der Waals surface area contributed by atoms with E-state index in [0.717, 1.165) is 22.9 Å². The third-order valence-electron chi connectivity index (χ3n) is 2.44. The molecule has 1 aromatic heterocycles. The SMILES string of the molecule is CC(C)Cc1cc2ccccc2c(=O)[nH]1. The second kappa shape index (κ2) is 3.89. The summed E-state index contributed by atoms with van der Waals surface area (Å²) in [6.45, 7) is 4.29. The standard InChI is InChI=1S/C13H15NO/c1-9(2)7-11-8-10-5-3-4-6-12(10)13(15)14-11/h3-6,8-9H,7H2,1-2H3,(H,14,15).